The molecule has 3 rings (SSSR count). The van der Waals surface area contributed by atoms with Gasteiger partial charge in [-0.2, -0.15) is 0 Å². The number of carbonyl (C=O) groups excluding carboxylic acids is 1. The fourth-order valence-electron chi connectivity index (χ4n) is 2.45. The molecule has 1 aliphatic rings. The molecule has 1 heterocycles. The van der Waals surface area contributed by atoms with E-state index in [0.717, 1.165) is 36.2 Å². The Labute approximate surface area is 115 Å². The highest BCUT2D eigenvalue weighted by Crippen LogP contribution is 2.37. The first kappa shape index (κ1) is 12.2. The zero-order valence-electron chi connectivity index (χ0n) is 10.1. The number of rotatable bonds is 2. The number of hydrogen-bond acceptors (Lipinski definition) is 2. The summed E-state index contributed by atoms with van der Waals surface area (Å²) in [5.41, 5.74) is 3.18. The third kappa shape index (κ3) is 2.10. The third-order valence-corrected chi connectivity index (χ3v) is 3.59. The second-order valence-corrected chi connectivity index (χ2v) is 4.93. The second kappa shape index (κ2) is 4.67. The highest BCUT2D eigenvalue weighted by molar-refractivity contribution is 6.31. The van der Waals surface area contributed by atoms with Gasteiger partial charge in [0.15, 0.2) is 6.29 Å². The first-order valence-corrected chi connectivity index (χ1v) is 6.37. The Morgan fingerprint density at radius 3 is 2.79 bits per heavy atom. The largest absolute Gasteiger partial charge is 0.340 e. The molecule has 0 fully saturated rings. The smallest absolute Gasteiger partial charge is 0.152 e. The topological polar surface area (TPSA) is 20.3 Å². The first-order chi connectivity index (χ1) is 9.19. The predicted octanol–water partition coefficient (Wildman–Crippen LogP) is 3.99. The van der Waals surface area contributed by atoms with Crippen LogP contribution in [0.1, 0.15) is 15.9 Å². The van der Waals surface area contributed by atoms with Gasteiger partial charge in [0.1, 0.15) is 5.82 Å². The van der Waals surface area contributed by atoms with Crippen LogP contribution in [-0.2, 0) is 6.42 Å². The van der Waals surface area contributed by atoms with Crippen LogP contribution in [0.5, 0.6) is 0 Å². The molecule has 0 saturated carbocycles. The molecule has 96 valence electrons. The number of fused-ring (bicyclic) bond motifs is 1. The quantitative estimate of drug-likeness (QED) is 0.773. The molecule has 1 aliphatic heterocycles. The van der Waals surface area contributed by atoms with Gasteiger partial charge in [0, 0.05) is 22.8 Å². The summed E-state index contributed by atoms with van der Waals surface area (Å²) in [7, 11) is 0. The summed E-state index contributed by atoms with van der Waals surface area (Å²) in [5.74, 6) is -0.277. The molecule has 0 saturated heterocycles. The van der Waals surface area contributed by atoms with Crippen LogP contribution in [0.4, 0.5) is 15.8 Å². The van der Waals surface area contributed by atoms with Gasteiger partial charge in [-0.15, -0.1) is 0 Å². The second-order valence-electron chi connectivity index (χ2n) is 4.50. The van der Waals surface area contributed by atoms with Crippen molar-refractivity contribution in [3.8, 4) is 0 Å². The van der Waals surface area contributed by atoms with Crippen LogP contribution in [0.25, 0.3) is 0 Å². The highest BCUT2D eigenvalue weighted by Gasteiger charge is 2.23. The van der Waals surface area contributed by atoms with E-state index in [-0.39, 0.29) is 5.82 Å². The Kier molecular flexibility index (Phi) is 2.99. The molecule has 0 aromatic heterocycles. The minimum Gasteiger partial charge on any atom is -0.340 e. The number of hydrogen-bond donors (Lipinski definition) is 0. The van der Waals surface area contributed by atoms with Gasteiger partial charge in [-0.25, -0.2) is 4.39 Å². The predicted molar refractivity (Wildman–Crippen MR) is 73.9 cm³/mol. The standard InChI is InChI=1S/C15H11ClFNO/c16-12-3-1-11(9-19)14(7-12)18-6-5-10-2-4-13(17)8-15(10)18/h1-4,7-9H,5-6H2. The maximum Gasteiger partial charge on any atom is 0.152 e. The Bertz CT molecular complexity index is 657. The molecule has 0 amide bonds. The van der Waals surface area contributed by atoms with Crippen molar-refractivity contribution in [1.82, 2.24) is 0 Å². The fraction of sp³-hybridized carbons (Fsp3) is 0.133. The van der Waals surface area contributed by atoms with Gasteiger partial charge in [-0.1, -0.05) is 17.7 Å². The molecular weight excluding hydrogens is 265 g/mol. The molecule has 2 nitrogen and oxygen atoms in total. The van der Waals surface area contributed by atoms with Crippen molar-refractivity contribution < 1.29 is 9.18 Å². The molecule has 0 aliphatic carbocycles. The minimum absolute atomic E-state index is 0.277. The van der Waals surface area contributed by atoms with Crippen LogP contribution in [-0.4, -0.2) is 12.8 Å². The maximum atomic E-state index is 13.4. The van der Waals surface area contributed by atoms with Crippen molar-refractivity contribution in [2.24, 2.45) is 0 Å². The van der Waals surface area contributed by atoms with Crippen molar-refractivity contribution in [3.63, 3.8) is 0 Å². The Hall–Kier alpha value is -1.87. The first-order valence-electron chi connectivity index (χ1n) is 6.00. The molecule has 0 spiro atoms. The SMILES string of the molecule is O=Cc1ccc(Cl)cc1N1CCc2ccc(F)cc21. The third-order valence-electron chi connectivity index (χ3n) is 3.35. The van der Waals surface area contributed by atoms with Gasteiger partial charge in [-0.05, 0) is 42.3 Å². The van der Waals surface area contributed by atoms with E-state index in [2.05, 4.69) is 0 Å². The van der Waals surface area contributed by atoms with Crippen LogP contribution >= 0.6 is 11.6 Å². The Morgan fingerprint density at radius 1 is 1.16 bits per heavy atom. The summed E-state index contributed by atoms with van der Waals surface area (Å²) in [6.07, 6.45) is 1.63. The maximum absolute atomic E-state index is 13.4. The van der Waals surface area contributed by atoms with E-state index in [9.17, 15) is 9.18 Å². The van der Waals surface area contributed by atoms with Crippen molar-refractivity contribution in [2.45, 2.75) is 6.42 Å². The fourth-order valence-corrected chi connectivity index (χ4v) is 2.62. The summed E-state index contributed by atoms with van der Waals surface area (Å²) < 4.78 is 13.4. The molecule has 0 atom stereocenters. The molecule has 19 heavy (non-hydrogen) atoms. The van der Waals surface area contributed by atoms with E-state index in [1.54, 1.807) is 24.3 Å². The summed E-state index contributed by atoms with van der Waals surface area (Å²) in [4.78, 5) is 13.1. The molecule has 2 aromatic rings. The van der Waals surface area contributed by atoms with E-state index in [1.807, 2.05) is 4.90 Å². The molecule has 0 N–H and O–H groups in total. The van der Waals surface area contributed by atoms with Gasteiger partial charge < -0.3 is 4.90 Å². The van der Waals surface area contributed by atoms with Gasteiger partial charge in [-0.3, -0.25) is 4.79 Å². The van der Waals surface area contributed by atoms with E-state index in [4.69, 9.17) is 11.6 Å². The molecule has 2 aromatic carbocycles. The number of aldehydes is 1. The van der Waals surface area contributed by atoms with Crippen molar-refractivity contribution in [1.29, 1.82) is 0 Å². The Balaban J connectivity index is 2.13. The lowest BCUT2D eigenvalue weighted by atomic mass is 10.1. The lowest BCUT2D eigenvalue weighted by molar-refractivity contribution is 0.112. The average molecular weight is 276 g/mol. The van der Waals surface area contributed by atoms with Gasteiger partial charge in [0.05, 0.1) is 5.69 Å². The molecule has 0 radical (unpaired) electrons. The van der Waals surface area contributed by atoms with Crippen molar-refractivity contribution in [3.05, 3.63) is 58.4 Å². The zero-order chi connectivity index (χ0) is 13.4. The molecule has 4 heteroatoms. The van der Waals surface area contributed by atoms with Crippen molar-refractivity contribution in [2.75, 3.05) is 11.4 Å². The normalized spacial score (nSPS) is 13.5. The summed E-state index contributed by atoms with van der Waals surface area (Å²) in [5, 5.41) is 0.561. The van der Waals surface area contributed by atoms with Crippen LogP contribution in [0, 0.1) is 5.82 Å². The van der Waals surface area contributed by atoms with Crippen LogP contribution in [0.3, 0.4) is 0 Å². The van der Waals surface area contributed by atoms with E-state index < -0.39 is 0 Å². The zero-order valence-corrected chi connectivity index (χ0v) is 10.8. The lowest BCUT2D eigenvalue weighted by Crippen LogP contribution is -2.15. The molecular formula is C15H11ClFNO. The Morgan fingerprint density at radius 2 is 2.00 bits per heavy atom. The summed E-state index contributed by atoms with van der Waals surface area (Å²) in [6, 6.07) is 9.85. The molecule has 0 unspecified atom stereocenters. The summed E-state index contributed by atoms with van der Waals surface area (Å²) in [6.45, 7) is 0.722. The average Bonchev–Trinajstić information content (AvgIpc) is 2.81. The minimum atomic E-state index is -0.277. The van der Waals surface area contributed by atoms with Crippen LogP contribution in [0.2, 0.25) is 5.02 Å². The van der Waals surface area contributed by atoms with Crippen LogP contribution < -0.4 is 4.90 Å². The number of anilines is 2. The summed E-state index contributed by atoms with van der Waals surface area (Å²) >= 11 is 5.99. The number of benzene rings is 2. The monoisotopic (exact) mass is 275 g/mol. The van der Waals surface area contributed by atoms with E-state index >= 15 is 0 Å². The number of nitrogens with zero attached hydrogens (tertiary/aromatic N) is 1. The highest BCUT2D eigenvalue weighted by atomic mass is 35.5. The molecule has 0 bridgehead atoms. The van der Waals surface area contributed by atoms with Gasteiger partial charge >= 0.3 is 0 Å². The van der Waals surface area contributed by atoms with E-state index in [0.29, 0.717) is 10.6 Å². The van der Waals surface area contributed by atoms with E-state index in [1.165, 1.54) is 12.1 Å². The van der Waals surface area contributed by atoms with Gasteiger partial charge in [0.2, 0.25) is 0 Å². The van der Waals surface area contributed by atoms with Crippen LogP contribution in [0.15, 0.2) is 36.4 Å². The number of halogens is 2. The number of carbonyl (C=O) groups is 1. The lowest BCUT2D eigenvalue weighted by Gasteiger charge is -2.21. The van der Waals surface area contributed by atoms with Gasteiger partial charge in [0.25, 0.3) is 0 Å². The van der Waals surface area contributed by atoms with Crippen molar-refractivity contribution >= 4 is 29.3 Å².